The van der Waals surface area contributed by atoms with E-state index in [1.807, 2.05) is 6.92 Å². The molecule has 0 aliphatic heterocycles. The first kappa shape index (κ1) is 15.7. The van der Waals surface area contributed by atoms with Gasteiger partial charge in [0.15, 0.2) is 5.00 Å². The Hall–Kier alpha value is -1.65. The predicted molar refractivity (Wildman–Crippen MR) is 85.1 cm³/mol. The van der Waals surface area contributed by atoms with Crippen molar-refractivity contribution < 1.29 is 13.3 Å². The highest BCUT2D eigenvalue weighted by molar-refractivity contribution is 9.10. The van der Waals surface area contributed by atoms with Crippen molar-refractivity contribution in [3.63, 3.8) is 0 Å². The van der Waals surface area contributed by atoms with E-state index in [4.69, 9.17) is 5.73 Å². The van der Waals surface area contributed by atoms with Gasteiger partial charge in [0.2, 0.25) is 0 Å². The third kappa shape index (κ3) is 3.34. The number of nitrogens with two attached hydrogens (primary N) is 1. The van der Waals surface area contributed by atoms with E-state index in [1.54, 1.807) is 18.2 Å². The Morgan fingerprint density at radius 2 is 2.05 bits per heavy atom. The Balaban J connectivity index is 2.36. The van der Waals surface area contributed by atoms with E-state index in [1.165, 1.54) is 0 Å². The number of hydrogen-bond acceptors (Lipinski definition) is 6. The largest absolute Gasteiger partial charge is 0.385 e. The lowest BCUT2D eigenvalue weighted by atomic mass is 10.2. The summed E-state index contributed by atoms with van der Waals surface area (Å²) in [6.07, 6.45) is 0. The third-order valence-electron chi connectivity index (χ3n) is 2.60. The Morgan fingerprint density at radius 3 is 2.57 bits per heavy atom. The lowest BCUT2D eigenvalue weighted by Crippen LogP contribution is -2.11. The molecule has 0 bridgehead atoms. The topological polar surface area (TPSA) is 115 Å². The predicted octanol–water partition coefficient (Wildman–Crippen LogP) is 3.11. The zero-order valence-corrected chi connectivity index (χ0v) is 13.9. The minimum absolute atomic E-state index is 0.148. The summed E-state index contributed by atoms with van der Waals surface area (Å²) in [6, 6.07) is 5.90. The van der Waals surface area contributed by atoms with Crippen LogP contribution in [-0.4, -0.2) is 13.3 Å². The number of benzene rings is 1. The molecule has 0 amide bonds. The second-order valence-corrected chi connectivity index (χ2v) is 7.99. The number of thiophene rings is 1. The zero-order chi connectivity index (χ0) is 15.8. The van der Waals surface area contributed by atoms with Gasteiger partial charge in [-0.3, -0.25) is 14.8 Å². The van der Waals surface area contributed by atoms with E-state index in [-0.39, 0.29) is 9.21 Å². The number of halogens is 1. The average Bonchev–Trinajstić information content (AvgIpc) is 2.77. The number of nitrogens with zero attached hydrogens (tertiary/aromatic N) is 1. The first-order valence-electron chi connectivity index (χ1n) is 5.53. The van der Waals surface area contributed by atoms with Crippen molar-refractivity contribution in [2.45, 2.75) is 11.1 Å². The molecule has 112 valence electrons. The lowest BCUT2D eigenvalue weighted by Gasteiger charge is -2.07. The normalized spacial score (nSPS) is 11.3. The second kappa shape index (κ2) is 5.62. The molecule has 2 aromatic rings. The number of hydrogen-bond donors (Lipinski definition) is 2. The van der Waals surface area contributed by atoms with E-state index in [0.717, 1.165) is 16.1 Å². The molecule has 0 unspecified atom stereocenters. The van der Waals surface area contributed by atoms with Gasteiger partial charge in [-0.25, -0.2) is 8.42 Å². The van der Waals surface area contributed by atoms with Gasteiger partial charge in [0.05, 0.1) is 4.92 Å². The van der Waals surface area contributed by atoms with Gasteiger partial charge in [0.1, 0.15) is 4.21 Å². The van der Waals surface area contributed by atoms with Gasteiger partial charge in [0.25, 0.3) is 10.0 Å². The van der Waals surface area contributed by atoms with Crippen molar-refractivity contribution in [3.8, 4) is 0 Å². The van der Waals surface area contributed by atoms with Crippen molar-refractivity contribution in [1.29, 1.82) is 0 Å². The molecule has 1 aromatic heterocycles. The summed E-state index contributed by atoms with van der Waals surface area (Å²) in [4.78, 5) is 10.00. The lowest BCUT2D eigenvalue weighted by molar-refractivity contribution is -0.383. The molecular formula is C11H10BrN3O4S2. The minimum atomic E-state index is -3.91. The summed E-state index contributed by atoms with van der Waals surface area (Å²) < 4.78 is 27.3. The minimum Gasteiger partial charge on any atom is -0.385 e. The maximum absolute atomic E-state index is 12.2. The van der Waals surface area contributed by atoms with Crippen LogP contribution in [0.2, 0.25) is 0 Å². The summed E-state index contributed by atoms with van der Waals surface area (Å²) in [6.45, 7) is 1.87. The molecule has 0 atom stereocenters. The fourth-order valence-electron chi connectivity index (χ4n) is 1.51. The maximum atomic E-state index is 12.2. The average molecular weight is 392 g/mol. The number of rotatable bonds is 4. The van der Waals surface area contributed by atoms with E-state index in [0.29, 0.717) is 17.0 Å². The third-order valence-corrected chi connectivity index (χ3v) is 6.27. The summed E-state index contributed by atoms with van der Waals surface area (Å²) in [7, 11) is -3.91. The van der Waals surface area contributed by atoms with Crippen molar-refractivity contribution in [3.05, 3.63) is 44.4 Å². The highest BCUT2D eigenvalue weighted by atomic mass is 79.9. The van der Waals surface area contributed by atoms with Crippen LogP contribution in [0.1, 0.15) is 5.56 Å². The molecule has 0 saturated carbocycles. The van der Waals surface area contributed by atoms with Crippen LogP contribution in [0.3, 0.4) is 0 Å². The second-order valence-electron chi connectivity index (χ2n) is 4.14. The van der Waals surface area contributed by atoms with Crippen LogP contribution >= 0.6 is 27.3 Å². The van der Waals surface area contributed by atoms with Crippen molar-refractivity contribution in [2.24, 2.45) is 0 Å². The summed E-state index contributed by atoms with van der Waals surface area (Å²) in [5.74, 6) is 0. The summed E-state index contributed by atoms with van der Waals surface area (Å²) >= 11 is 3.95. The van der Waals surface area contributed by atoms with Crippen LogP contribution in [0.15, 0.2) is 32.9 Å². The fraction of sp³-hybridized carbons (Fsp3) is 0.0909. The summed E-state index contributed by atoms with van der Waals surface area (Å²) in [5.41, 5.74) is 6.34. The molecule has 21 heavy (non-hydrogen) atoms. The molecule has 3 N–H and O–H groups in total. The molecule has 0 aliphatic carbocycles. The molecule has 7 nitrogen and oxygen atoms in total. The Kier molecular flexibility index (Phi) is 4.21. The first-order valence-corrected chi connectivity index (χ1v) is 8.62. The van der Waals surface area contributed by atoms with Gasteiger partial charge in [-0.15, -0.1) is 0 Å². The monoisotopic (exact) mass is 391 g/mol. The number of nitrogens with one attached hydrogen (secondary N) is 1. The van der Waals surface area contributed by atoms with E-state index in [9.17, 15) is 18.5 Å². The first-order chi connectivity index (χ1) is 9.70. The van der Waals surface area contributed by atoms with Gasteiger partial charge in [-0.1, -0.05) is 33.3 Å². The molecule has 0 spiro atoms. The van der Waals surface area contributed by atoms with Crippen LogP contribution < -0.4 is 10.5 Å². The van der Waals surface area contributed by atoms with E-state index < -0.39 is 20.6 Å². The molecular weight excluding hydrogens is 382 g/mol. The smallest absolute Gasteiger partial charge is 0.304 e. The van der Waals surface area contributed by atoms with Gasteiger partial charge in [0, 0.05) is 16.2 Å². The van der Waals surface area contributed by atoms with Crippen LogP contribution in [0.5, 0.6) is 0 Å². The Bertz CT molecular complexity index is 817. The standard InChI is InChI=1S/C11H10BrN3O4S2/c1-6-2-3-7(4-8(6)12)14-21(18,19)10-5-9(15(16)17)11(13)20-10/h2-5,14H,13H2,1H3. The molecule has 1 aromatic carbocycles. The van der Waals surface area contributed by atoms with Crippen LogP contribution in [0.25, 0.3) is 0 Å². The van der Waals surface area contributed by atoms with Gasteiger partial charge in [-0.05, 0) is 24.6 Å². The Labute approximate surface area is 133 Å². The number of nitrogen functional groups attached to an aromatic ring is 1. The molecule has 0 radical (unpaired) electrons. The molecule has 1 heterocycles. The van der Waals surface area contributed by atoms with E-state index in [2.05, 4.69) is 20.7 Å². The molecule has 0 aliphatic rings. The number of anilines is 2. The van der Waals surface area contributed by atoms with Crippen LogP contribution in [0.4, 0.5) is 16.4 Å². The van der Waals surface area contributed by atoms with E-state index >= 15 is 0 Å². The Morgan fingerprint density at radius 1 is 1.38 bits per heavy atom. The van der Waals surface area contributed by atoms with Crippen molar-refractivity contribution >= 4 is 53.7 Å². The molecule has 2 rings (SSSR count). The highest BCUT2D eigenvalue weighted by Crippen LogP contribution is 2.35. The quantitative estimate of drug-likeness (QED) is 0.613. The van der Waals surface area contributed by atoms with Gasteiger partial charge < -0.3 is 5.73 Å². The van der Waals surface area contributed by atoms with Crippen LogP contribution in [-0.2, 0) is 10.0 Å². The number of aryl methyl sites for hydroxylation is 1. The van der Waals surface area contributed by atoms with Crippen molar-refractivity contribution in [2.75, 3.05) is 10.5 Å². The number of nitro groups is 1. The maximum Gasteiger partial charge on any atom is 0.304 e. The van der Waals surface area contributed by atoms with Crippen LogP contribution in [0, 0.1) is 17.0 Å². The molecule has 10 heteroatoms. The van der Waals surface area contributed by atoms with Gasteiger partial charge in [-0.2, -0.15) is 0 Å². The van der Waals surface area contributed by atoms with Gasteiger partial charge >= 0.3 is 5.69 Å². The zero-order valence-electron chi connectivity index (χ0n) is 10.7. The SMILES string of the molecule is Cc1ccc(NS(=O)(=O)c2cc([N+](=O)[O-])c(N)s2)cc1Br. The summed E-state index contributed by atoms with van der Waals surface area (Å²) in [5, 5.41) is 10.6. The highest BCUT2D eigenvalue weighted by Gasteiger charge is 2.24. The molecule has 0 saturated heterocycles. The fourth-order valence-corrected chi connectivity index (χ4v) is 4.15. The van der Waals surface area contributed by atoms with Crippen molar-refractivity contribution in [1.82, 2.24) is 0 Å². The number of sulfonamides is 1. The molecule has 0 fully saturated rings.